The van der Waals surface area contributed by atoms with E-state index in [4.69, 9.17) is 0 Å². The molecule has 2 rings (SSSR count). The molecule has 0 atom stereocenters. The Hall–Kier alpha value is -0.610. The van der Waals surface area contributed by atoms with E-state index in [1.165, 1.54) is 51.4 Å². The maximum Gasteiger partial charge on any atom is 0.234 e. The van der Waals surface area contributed by atoms with Gasteiger partial charge in [0.05, 0.1) is 6.54 Å². The number of rotatable bonds is 6. The van der Waals surface area contributed by atoms with Crippen LogP contribution in [0.5, 0.6) is 0 Å². The molecule has 20 heavy (non-hydrogen) atoms. The predicted octanol–water partition coefficient (Wildman–Crippen LogP) is 1.90. The normalized spacial score (nSPS) is 22.9. The summed E-state index contributed by atoms with van der Waals surface area (Å²) in [5, 5.41) is 6.80. The zero-order valence-electron chi connectivity index (χ0n) is 13.0. The van der Waals surface area contributed by atoms with E-state index in [1.54, 1.807) is 0 Å². The van der Waals surface area contributed by atoms with E-state index in [0.29, 0.717) is 18.6 Å². The van der Waals surface area contributed by atoms with Gasteiger partial charge in [-0.15, -0.1) is 0 Å². The van der Waals surface area contributed by atoms with Crippen LogP contribution in [0.1, 0.15) is 58.3 Å². The van der Waals surface area contributed by atoms with Crippen molar-refractivity contribution in [2.24, 2.45) is 0 Å². The molecule has 1 aliphatic heterocycles. The van der Waals surface area contributed by atoms with Crippen molar-refractivity contribution in [3.63, 3.8) is 0 Å². The molecule has 0 aromatic rings. The van der Waals surface area contributed by atoms with E-state index in [-0.39, 0.29) is 5.91 Å². The predicted molar refractivity (Wildman–Crippen MR) is 82.8 cm³/mol. The number of nitrogens with one attached hydrogen (secondary N) is 2. The maximum atomic E-state index is 12.1. The first-order chi connectivity index (χ1) is 9.78. The molecule has 116 valence electrons. The van der Waals surface area contributed by atoms with Gasteiger partial charge in [-0.25, -0.2) is 0 Å². The first kappa shape index (κ1) is 15.8. The second-order valence-electron chi connectivity index (χ2n) is 6.41. The SMILES string of the molecule is CCCNC1CCN(CC(=O)NC2CCCCC2)CC1. The Morgan fingerprint density at radius 1 is 1.05 bits per heavy atom. The van der Waals surface area contributed by atoms with Gasteiger partial charge in [-0.1, -0.05) is 26.2 Å². The van der Waals surface area contributed by atoms with Crippen molar-refractivity contribution in [3.8, 4) is 0 Å². The van der Waals surface area contributed by atoms with Crippen LogP contribution in [-0.4, -0.2) is 49.1 Å². The number of piperidine rings is 1. The molecule has 4 heteroatoms. The Morgan fingerprint density at radius 2 is 1.75 bits per heavy atom. The van der Waals surface area contributed by atoms with Gasteiger partial charge in [0.2, 0.25) is 5.91 Å². The quantitative estimate of drug-likeness (QED) is 0.781. The highest BCUT2D eigenvalue weighted by Crippen LogP contribution is 2.17. The summed E-state index contributed by atoms with van der Waals surface area (Å²) in [4.78, 5) is 14.4. The molecule has 0 unspecified atom stereocenters. The van der Waals surface area contributed by atoms with Gasteiger partial charge in [0.25, 0.3) is 0 Å². The molecule has 4 nitrogen and oxygen atoms in total. The van der Waals surface area contributed by atoms with Crippen LogP contribution in [0.2, 0.25) is 0 Å². The third-order valence-corrected chi connectivity index (χ3v) is 4.61. The molecule has 2 fully saturated rings. The van der Waals surface area contributed by atoms with Crippen LogP contribution in [-0.2, 0) is 4.79 Å². The molecule has 0 radical (unpaired) electrons. The molecule has 2 N–H and O–H groups in total. The number of hydrogen-bond donors (Lipinski definition) is 2. The molecule has 1 saturated carbocycles. The van der Waals surface area contributed by atoms with Gasteiger partial charge in [0.1, 0.15) is 0 Å². The van der Waals surface area contributed by atoms with Crippen LogP contribution >= 0.6 is 0 Å². The lowest BCUT2D eigenvalue weighted by molar-refractivity contribution is -0.123. The number of carbonyl (C=O) groups is 1. The zero-order chi connectivity index (χ0) is 14.2. The van der Waals surface area contributed by atoms with Gasteiger partial charge in [0, 0.05) is 25.2 Å². The van der Waals surface area contributed by atoms with E-state index < -0.39 is 0 Å². The lowest BCUT2D eigenvalue weighted by Gasteiger charge is -2.32. The van der Waals surface area contributed by atoms with Crippen molar-refractivity contribution < 1.29 is 4.79 Å². The summed E-state index contributed by atoms with van der Waals surface area (Å²) in [6.07, 6.45) is 9.80. The maximum absolute atomic E-state index is 12.1. The molecule has 1 heterocycles. The van der Waals surface area contributed by atoms with E-state index in [1.807, 2.05) is 0 Å². The third-order valence-electron chi connectivity index (χ3n) is 4.61. The molecule has 1 amide bonds. The summed E-state index contributed by atoms with van der Waals surface area (Å²) < 4.78 is 0. The van der Waals surface area contributed by atoms with Gasteiger partial charge in [-0.2, -0.15) is 0 Å². The van der Waals surface area contributed by atoms with Crippen molar-refractivity contribution in [1.29, 1.82) is 0 Å². The molecule has 1 aliphatic carbocycles. The second-order valence-corrected chi connectivity index (χ2v) is 6.41. The summed E-state index contributed by atoms with van der Waals surface area (Å²) >= 11 is 0. The monoisotopic (exact) mass is 281 g/mol. The number of nitrogens with zero attached hydrogens (tertiary/aromatic N) is 1. The van der Waals surface area contributed by atoms with Gasteiger partial charge in [-0.05, 0) is 38.6 Å². The summed E-state index contributed by atoms with van der Waals surface area (Å²) in [6, 6.07) is 1.10. The minimum Gasteiger partial charge on any atom is -0.352 e. The molecule has 2 aliphatic rings. The first-order valence-corrected chi connectivity index (χ1v) is 8.53. The van der Waals surface area contributed by atoms with E-state index in [0.717, 1.165) is 19.6 Å². The number of likely N-dealkylation sites (tertiary alicyclic amines) is 1. The van der Waals surface area contributed by atoms with Gasteiger partial charge in [-0.3, -0.25) is 9.69 Å². The van der Waals surface area contributed by atoms with Crippen LogP contribution in [0.15, 0.2) is 0 Å². The summed E-state index contributed by atoms with van der Waals surface area (Å²) in [6.45, 7) is 6.03. The summed E-state index contributed by atoms with van der Waals surface area (Å²) in [5.74, 6) is 0.233. The minimum absolute atomic E-state index is 0.233. The molecule has 0 aromatic carbocycles. The smallest absolute Gasteiger partial charge is 0.234 e. The Morgan fingerprint density at radius 3 is 2.40 bits per heavy atom. The molecular formula is C16H31N3O. The van der Waals surface area contributed by atoms with Crippen LogP contribution < -0.4 is 10.6 Å². The highest BCUT2D eigenvalue weighted by molar-refractivity contribution is 5.78. The Kier molecular flexibility index (Phi) is 6.80. The molecule has 1 saturated heterocycles. The fourth-order valence-corrected chi connectivity index (χ4v) is 3.37. The topological polar surface area (TPSA) is 44.4 Å². The highest BCUT2D eigenvalue weighted by Gasteiger charge is 2.21. The first-order valence-electron chi connectivity index (χ1n) is 8.53. The second kappa shape index (κ2) is 8.63. The fraction of sp³-hybridized carbons (Fsp3) is 0.938. The largest absolute Gasteiger partial charge is 0.352 e. The number of amides is 1. The fourth-order valence-electron chi connectivity index (χ4n) is 3.37. The van der Waals surface area contributed by atoms with Crippen LogP contribution in [0.25, 0.3) is 0 Å². The number of carbonyl (C=O) groups excluding carboxylic acids is 1. The van der Waals surface area contributed by atoms with Crippen LogP contribution in [0.4, 0.5) is 0 Å². The average Bonchev–Trinajstić information content (AvgIpc) is 2.47. The van der Waals surface area contributed by atoms with E-state index in [2.05, 4.69) is 22.5 Å². The van der Waals surface area contributed by atoms with Crippen molar-refractivity contribution in [2.45, 2.75) is 70.4 Å². The van der Waals surface area contributed by atoms with Crippen LogP contribution in [0.3, 0.4) is 0 Å². The van der Waals surface area contributed by atoms with Crippen molar-refractivity contribution in [3.05, 3.63) is 0 Å². The Balaban J connectivity index is 1.60. The summed E-state index contributed by atoms with van der Waals surface area (Å²) in [5.41, 5.74) is 0. The Labute approximate surface area is 123 Å². The highest BCUT2D eigenvalue weighted by atomic mass is 16.2. The van der Waals surface area contributed by atoms with Crippen LogP contribution in [0, 0.1) is 0 Å². The zero-order valence-corrected chi connectivity index (χ0v) is 13.0. The lowest BCUT2D eigenvalue weighted by Crippen LogP contribution is -2.47. The average molecular weight is 281 g/mol. The van der Waals surface area contributed by atoms with Gasteiger partial charge in [0.15, 0.2) is 0 Å². The molecule has 0 aromatic heterocycles. The summed E-state index contributed by atoms with van der Waals surface area (Å²) in [7, 11) is 0. The van der Waals surface area contributed by atoms with Gasteiger partial charge >= 0.3 is 0 Å². The van der Waals surface area contributed by atoms with Gasteiger partial charge < -0.3 is 10.6 Å². The van der Waals surface area contributed by atoms with E-state index >= 15 is 0 Å². The Bertz CT molecular complexity index is 281. The minimum atomic E-state index is 0.233. The standard InChI is InChI=1S/C16H31N3O/c1-2-10-17-14-8-11-19(12-9-14)13-16(20)18-15-6-4-3-5-7-15/h14-15,17H,2-13H2,1H3,(H,18,20). The number of hydrogen-bond acceptors (Lipinski definition) is 3. The third kappa shape index (κ3) is 5.41. The lowest BCUT2D eigenvalue weighted by atomic mass is 9.95. The molecule has 0 bridgehead atoms. The molecule has 0 spiro atoms. The van der Waals surface area contributed by atoms with Crippen molar-refractivity contribution in [2.75, 3.05) is 26.2 Å². The molecular weight excluding hydrogens is 250 g/mol. The van der Waals surface area contributed by atoms with E-state index in [9.17, 15) is 4.79 Å². The van der Waals surface area contributed by atoms with Crippen molar-refractivity contribution in [1.82, 2.24) is 15.5 Å². The van der Waals surface area contributed by atoms with Crippen molar-refractivity contribution >= 4 is 5.91 Å².